The molecule has 6 nitrogen and oxygen atoms in total. The molecule has 0 heterocycles. The number of carbonyl (C=O) groups excluding carboxylic acids is 3. The van der Waals surface area contributed by atoms with Gasteiger partial charge < -0.3 is 10.6 Å². The van der Waals surface area contributed by atoms with Crippen LogP contribution in [0.15, 0.2) is 23.3 Å². The van der Waals surface area contributed by atoms with E-state index in [0.717, 1.165) is 50.5 Å². The number of urea groups is 1. The van der Waals surface area contributed by atoms with Gasteiger partial charge in [0.1, 0.15) is 6.07 Å². The van der Waals surface area contributed by atoms with Crippen molar-refractivity contribution < 1.29 is 14.4 Å². The lowest BCUT2D eigenvalue weighted by Gasteiger charge is -2.68. The number of nitrogens with one attached hydrogen (secondary N) is 2. The highest BCUT2D eigenvalue weighted by Gasteiger charge is 2.69. The zero-order valence-electron chi connectivity index (χ0n) is 23.6. The average molecular weight is 506 g/mol. The van der Waals surface area contributed by atoms with E-state index in [4.69, 9.17) is 0 Å². The molecule has 37 heavy (non-hydrogen) atoms. The number of allylic oxidation sites excluding steroid dienone is 4. The SMILES string of the molecule is CNC(=O)N[C@]12CCC(C)(C)CC1C1C(=O)C=C3[C@@]4(C)C=C(C#N)C(=O)[C@@H](C)C4CC[C@@]3(C)[C@]1(C)CC2. The second kappa shape index (κ2) is 8.04. The normalized spacial score (nSPS) is 46.1. The smallest absolute Gasteiger partial charge is 0.314 e. The van der Waals surface area contributed by atoms with Gasteiger partial charge in [-0.2, -0.15) is 5.26 Å². The highest BCUT2D eigenvalue weighted by Crippen LogP contribution is 2.72. The van der Waals surface area contributed by atoms with Gasteiger partial charge >= 0.3 is 6.03 Å². The van der Waals surface area contributed by atoms with Crippen molar-refractivity contribution in [3.63, 3.8) is 0 Å². The molecule has 0 radical (unpaired) electrons. The lowest BCUT2D eigenvalue weighted by Crippen LogP contribution is -2.70. The van der Waals surface area contributed by atoms with Crippen LogP contribution in [0.4, 0.5) is 4.79 Å². The summed E-state index contributed by atoms with van der Waals surface area (Å²) in [4.78, 5) is 39.9. The zero-order valence-corrected chi connectivity index (χ0v) is 23.6. The van der Waals surface area contributed by atoms with E-state index >= 15 is 0 Å². The fourth-order valence-electron chi connectivity index (χ4n) is 9.76. The van der Waals surface area contributed by atoms with Crippen molar-refractivity contribution in [2.45, 2.75) is 92.0 Å². The van der Waals surface area contributed by atoms with Crippen LogP contribution in [0.1, 0.15) is 86.5 Å². The van der Waals surface area contributed by atoms with Crippen molar-refractivity contribution in [1.82, 2.24) is 10.6 Å². The van der Waals surface area contributed by atoms with Gasteiger partial charge in [0.05, 0.1) is 5.57 Å². The average Bonchev–Trinajstić information content (AvgIpc) is 2.83. The third-order valence-electron chi connectivity index (χ3n) is 12.1. The second-order valence-corrected chi connectivity index (χ2v) is 14.3. The molecule has 0 bridgehead atoms. The second-order valence-electron chi connectivity index (χ2n) is 14.3. The van der Waals surface area contributed by atoms with Gasteiger partial charge in [-0.05, 0) is 79.1 Å². The van der Waals surface area contributed by atoms with Gasteiger partial charge in [0.25, 0.3) is 0 Å². The summed E-state index contributed by atoms with van der Waals surface area (Å²) in [5.41, 5.74) is 0.105. The third-order valence-corrected chi connectivity index (χ3v) is 12.1. The molecule has 2 N–H and O–H groups in total. The summed E-state index contributed by atoms with van der Waals surface area (Å²) in [5.74, 6) is -0.140. The van der Waals surface area contributed by atoms with E-state index < -0.39 is 5.41 Å². The Morgan fingerprint density at radius 3 is 2.35 bits per heavy atom. The molecule has 3 fully saturated rings. The summed E-state index contributed by atoms with van der Waals surface area (Å²) >= 11 is 0. The van der Waals surface area contributed by atoms with Crippen LogP contribution in [0.25, 0.3) is 0 Å². The predicted molar refractivity (Wildman–Crippen MR) is 142 cm³/mol. The van der Waals surface area contributed by atoms with Crippen LogP contribution in [0, 0.1) is 56.7 Å². The van der Waals surface area contributed by atoms with E-state index in [9.17, 15) is 19.6 Å². The van der Waals surface area contributed by atoms with Crippen LogP contribution in [0.5, 0.6) is 0 Å². The molecule has 0 aromatic rings. The molecule has 0 aliphatic heterocycles. The maximum absolute atomic E-state index is 14.4. The van der Waals surface area contributed by atoms with Gasteiger partial charge in [0.2, 0.25) is 0 Å². The molecule has 0 spiro atoms. The number of hydrogen-bond acceptors (Lipinski definition) is 4. The largest absolute Gasteiger partial charge is 0.341 e. The van der Waals surface area contributed by atoms with E-state index in [1.165, 1.54) is 0 Å². The Hall–Kier alpha value is -2.42. The fraction of sp³-hybridized carbons (Fsp3) is 0.742. The first-order valence-corrected chi connectivity index (χ1v) is 14.1. The van der Waals surface area contributed by atoms with E-state index in [2.05, 4.69) is 51.3 Å². The summed E-state index contributed by atoms with van der Waals surface area (Å²) in [7, 11) is 1.65. The Labute approximate surface area is 221 Å². The third kappa shape index (κ3) is 3.38. The van der Waals surface area contributed by atoms with Crippen LogP contribution >= 0.6 is 0 Å². The van der Waals surface area contributed by atoms with Crippen LogP contribution in [-0.2, 0) is 9.59 Å². The van der Waals surface area contributed by atoms with Crippen molar-refractivity contribution in [3.8, 4) is 6.07 Å². The minimum absolute atomic E-state index is 0.0624. The molecular weight excluding hydrogens is 462 g/mol. The van der Waals surface area contributed by atoms with Crippen molar-refractivity contribution >= 4 is 17.6 Å². The van der Waals surface area contributed by atoms with Gasteiger partial charge in [-0.3, -0.25) is 9.59 Å². The van der Waals surface area contributed by atoms with Gasteiger partial charge in [-0.25, -0.2) is 4.79 Å². The standard InChI is InChI=1S/C31H43N3O3/c1-18-20-8-9-29(5)23(28(20,4)15-19(17-32)25(18)36)14-22(35)24-21-16-27(2,3)10-12-31(21,34-26(37)33-7)13-11-30(24,29)6/h14-15,18,20-21,24H,8-13,16H2,1-7H3,(H2,33,34,37)/t18-,20?,21?,24?,28-,29+,30+,31-/m0/s1. The fourth-order valence-corrected chi connectivity index (χ4v) is 9.76. The van der Waals surface area contributed by atoms with Crippen molar-refractivity contribution in [1.29, 1.82) is 5.26 Å². The van der Waals surface area contributed by atoms with Gasteiger partial charge in [-0.1, -0.05) is 53.2 Å². The van der Waals surface area contributed by atoms with Crippen LogP contribution < -0.4 is 10.6 Å². The number of carbonyl (C=O) groups is 3. The Balaban J connectivity index is 1.66. The quantitative estimate of drug-likeness (QED) is 0.492. The Bertz CT molecular complexity index is 1180. The number of ketones is 2. The molecule has 0 aromatic heterocycles. The number of rotatable bonds is 1. The maximum atomic E-state index is 14.4. The molecule has 6 heteroatoms. The predicted octanol–water partition coefficient (Wildman–Crippen LogP) is 5.50. The highest BCUT2D eigenvalue weighted by atomic mass is 16.2. The van der Waals surface area contributed by atoms with Crippen molar-refractivity contribution in [2.75, 3.05) is 7.05 Å². The summed E-state index contributed by atoms with van der Waals surface area (Å²) in [6.45, 7) is 13.4. The summed E-state index contributed by atoms with van der Waals surface area (Å²) < 4.78 is 0. The lowest BCUT2D eigenvalue weighted by molar-refractivity contribution is -0.158. The summed E-state index contributed by atoms with van der Waals surface area (Å²) in [5, 5.41) is 15.9. The molecule has 3 unspecified atom stereocenters. The molecule has 8 atom stereocenters. The number of amides is 2. The lowest BCUT2D eigenvalue weighted by atomic mass is 9.36. The highest BCUT2D eigenvalue weighted by molar-refractivity contribution is 6.02. The van der Waals surface area contributed by atoms with E-state index in [1.807, 2.05) is 19.1 Å². The van der Waals surface area contributed by atoms with Crippen molar-refractivity contribution in [2.24, 2.45) is 45.3 Å². The van der Waals surface area contributed by atoms with E-state index in [0.29, 0.717) is 0 Å². The maximum Gasteiger partial charge on any atom is 0.314 e. The first kappa shape index (κ1) is 26.2. The Morgan fingerprint density at radius 1 is 1.03 bits per heavy atom. The Kier molecular flexibility index (Phi) is 5.69. The van der Waals surface area contributed by atoms with E-state index in [1.54, 1.807) is 7.05 Å². The minimum atomic E-state index is -0.490. The number of Topliss-reactive ketones (excluding diaryl/α,β-unsaturated/α-hetero) is 1. The number of nitrogens with zero attached hydrogens (tertiary/aromatic N) is 1. The molecule has 2 amide bonds. The molecule has 200 valence electrons. The molecule has 5 rings (SSSR count). The molecule has 5 aliphatic rings. The number of hydrogen-bond donors (Lipinski definition) is 2. The van der Waals surface area contributed by atoms with Crippen LogP contribution in [0.2, 0.25) is 0 Å². The topological polar surface area (TPSA) is 99.1 Å². The zero-order chi connectivity index (χ0) is 27.2. The first-order chi connectivity index (χ1) is 17.2. The number of nitriles is 1. The molecule has 0 aromatic carbocycles. The molecule has 5 aliphatic carbocycles. The monoisotopic (exact) mass is 505 g/mol. The molecular formula is C31H43N3O3. The van der Waals surface area contributed by atoms with Crippen LogP contribution in [0.3, 0.4) is 0 Å². The van der Waals surface area contributed by atoms with Gasteiger partial charge in [0.15, 0.2) is 11.6 Å². The van der Waals surface area contributed by atoms with Gasteiger partial charge in [0, 0.05) is 29.8 Å². The summed E-state index contributed by atoms with van der Waals surface area (Å²) in [6, 6.07) is 1.99. The summed E-state index contributed by atoms with van der Waals surface area (Å²) in [6.07, 6.45) is 10.2. The van der Waals surface area contributed by atoms with Crippen LogP contribution in [-0.4, -0.2) is 30.2 Å². The molecule has 0 saturated heterocycles. The van der Waals surface area contributed by atoms with Gasteiger partial charge in [-0.15, -0.1) is 0 Å². The molecule has 3 saturated carbocycles. The van der Waals surface area contributed by atoms with E-state index in [-0.39, 0.29) is 68.6 Å². The number of fused-ring (bicyclic) bond motifs is 7. The Morgan fingerprint density at radius 2 is 1.70 bits per heavy atom. The van der Waals surface area contributed by atoms with Crippen molar-refractivity contribution in [3.05, 3.63) is 23.3 Å². The first-order valence-electron chi connectivity index (χ1n) is 14.1. The minimum Gasteiger partial charge on any atom is -0.341 e.